The number of thioether (sulfide) groups is 1. The summed E-state index contributed by atoms with van der Waals surface area (Å²) in [5.74, 6) is 2.14. The molecule has 1 N–H and O–H groups in total. The Bertz CT molecular complexity index is 328. The van der Waals surface area contributed by atoms with E-state index in [1.54, 1.807) is 0 Å². The van der Waals surface area contributed by atoms with Crippen LogP contribution in [0.5, 0.6) is 0 Å². The van der Waals surface area contributed by atoms with Gasteiger partial charge in [0.1, 0.15) is 0 Å². The van der Waals surface area contributed by atoms with Gasteiger partial charge >= 0.3 is 0 Å². The van der Waals surface area contributed by atoms with Crippen LogP contribution < -0.4 is 5.32 Å². The molecule has 0 aromatic heterocycles. The molecule has 130 valence electrons. The van der Waals surface area contributed by atoms with Gasteiger partial charge in [0, 0.05) is 45.1 Å². The lowest BCUT2D eigenvalue weighted by Crippen LogP contribution is -2.48. The second-order valence-corrected chi connectivity index (χ2v) is 7.21. The molecule has 0 aliphatic carbocycles. The number of unbranched alkanes of at least 4 members (excludes halogenated alkanes) is 1. The van der Waals surface area contributed by atoms with Crippen LogP contribution in [0.4, 0.5) is 0 Å². The molecular weight excluding hydrogens is 409 g/mol. The Balaban J connectivity index is 0.00000441. The van der Waals surface area contributed by atoms with Crippen LogP contribution in [0.15, 0.2) is 17.6 Å². The van der Waals surface area contributed by atoms with Crippen molar-refractivity contribution in [2.24, 2.45) is 4.99 Å². The molecule has 4 nitrogen and oxygen atoms in total. The van der Waals surface area contributed by atoms with Crippen LogP contribution in [0.1, 0.15) is 32.6 Å². The molecule has 1 saturated heterocycles. The maximum absolute atomic E-state index is 5.53. The Kier molecular flexibility index (Phi) is 12.5. The number of allylic oxidation sites excluding steroid dienone is 1. The second-order valence-electron chi connectivity index (χ2n) is 5.48. The molecular formula is C16H32IN3OS. The van der Waals surface area contributed by atoms with Gasteiger partial charge in [-0.3, -0.25) is 4.99 Å². The van der Waals surface area contributed by atoms with E-state index in [-0.39, 0.29) is 24.0 Å². The highest BCUT2D eigenvalue weighted by molar-refractivity contribution is 14.0. The fourth-order valence-corrected chi connectivity index (χ4v) is 3.87. The van der Waals surface area contributed by atoms with Crippen LogP contribution in [0.3, 0.4) is 0 Å². The van der Waals surface area contributed by atoms with Crippen molar-refractivity contribution in [2.75, 3.05) is 46.2 Å². The molecule has 0 bridgehead atoms. The summed E-state index contributed by atoms with van der Waals surface area (Å²) in [6, 6.07) is 0. The Hall–Kier alpha value is 0.0500. The van der Waals surface area contributed by atoms with E-state index in [0.29, 0.717) is 4.75 Å². The molecule has 0 atom stereocenters. The number of halogens is 1. The zero-order chi connectivity index (χ0) is 15.6. The van der Waals surface area contributed by atoms with Crippen molar-refractivity contribution < 1.29 is 4.74 Å². The topological polar surface area (TPSA) is 36.9 Å². The van der Waals surface area contributed by atoms with E-state index in [4.69, 9.17) is 4.74 Å². The Morgan fingerprint density at radius 1 is 1.45 bits per heavy atom. The molecule has 1 heterocycles. The Morgan fingerprint density at radius 2 is 2.14 bits per heavy atom. The van der Waals surface area contributed by atoms with Crippen molar-refractivity contribution in [3.8, 4) is 0 Å². The van der Waals surface area contributed by atoms with Crippen LogP contribution in [0.2, 0.25) is 0 Å². The fourth-order valence-electron chi connectivity index (χ4n) is 2.63. The number of aliphatic imine (C=N–C) groups is 1. The van der Waals surface area contributed by atoms with Crippen LogP contribution >= 0.6 is 35.7 Å². The maximum Gasteiger partial charge on any atom is 0.193 e. The molecule has 1 rings (SSSR count). The molecule has 0 aromatic rings. The average molecular weight is 441 g/mol. The smallest absolute Gasteiger partial charge is 0.193 e. The summed E-state index contributed by atoms with van der Waals surface area (Å²) in [6.07, 6.45) is 6.38. The normalized spacial score (nSPS) is 17.5. The van der Waals surface area contributed by atoms with E-state index >= 15 is 0 Å². The largest absolute Gasteiger partial charge is 0.381 e. The molecule has 1 fully saturated rings. The molecule has 1 aliphatic heterocycles. The van der Waals surface area contributed by atoms with Gasteiger partial charge in [-0.05, 0) is 31.4 Å². The summed E-state index contributed by atoms with van der Waals surface area (Å²) < 4.78 is 5.82. The molecule has 22 heavy (non-hydrogen) atoms. The minimum absolute atomic E-state index is 0. The van der Waals surface area contributed by atoms with E-state index in [1.807, 2.05) is 13.1 Å². The SMILES string of the molecule is C=CCCCN(C)C(=NC)NCC1(SCC)CCOCC1.I. The van der Waals surface area contributed by atoms with Gasteiger partial charge in [-0.15, -0.1) is 30.6 Å². The van der Waals surface area contributed by atoms with Gasteiger partial charge < -0.3 is 15.0 Å². The summed E-state index contributed by atoms with van der Waals surface area (Å²) in [4.78, 5) is 6.61. The quantitative estimate of drug-likeness (QED) is 0.206. The first-order valence-corrected chi connectivity index (χ1v) is 8.90. The minimum atomic E-state index is 0. The molecule has 0 aromatic carbocycles. The summed E-state index contributed by atoms with van der Waals surface area (Å²) in [7, 11) is 3.96. The summed E-state index contributed by atoms with van der Waals surface area (Å²) in [6.45, 7) is 9.73. The number of guanidine groups is 1. The highest BCUT2D eigenvalue weighted by atomic mass is 127. The first kappa shape index (κ1) is 22.1. The molecule has 0 radical (unpaired) electrons. The van der Waals surface area contributed by atoms with Crippen molar-refractivity contribution in [1.29, 1.82) is 0 Å². The third kappa shape index (κ3) is 7.55. The van der Waals surface area contributed by atoms with E-state index in [9.17, 15) is 0 Å². The lowest BCUT2D eigenvalue weighted by atomic mass is 9.99. The van der Waals surface area contributed by atoms with Gasteiger partial charge in [-0.1, -0.05) is 13.0 Å². The summed E-state index contributed by atoms with van der Waals surface area (Å²) in [5, 5.41) is 3.57. The zero-order valence-corrected chi connectivity index (χ0v) is 17.4. The zero-order valence-electron chi connectivity index (χ0n) is 14.3. The van der Waals surface area contributed by atoms with Crippen LogP contribution in [0.25, 0.3) is 0 Å². The van der Waals surface area contributed by atoms with Crippen molar-refractivity contribution in [2.45, 2.75) is 37.4 Å². The van der Waals surface area contributed by atoms with Crippen molar-refractivity contribution >= 4 is 41.7 Å². The number of nitrogens with one attached hydrogen (secondary N) is 1. The maximum atomic E-state index is 5.53. The van der Waals surface area contributed by atoms with E-state index in [0.717, 1.165) is 63.7 Å². The number of nitrogens with zero attached hydrogens (tertiary/aromatic N) is 2. The summed E-state index contributed by atoms with van der Waals surface area (Å²) in [5.41, 5.74) is 0. The predicted octanol–water partition coefficient (Wildman–Crippen LogP) is 3.38. The van der Waals surface area contributed by atoms with Crippen LogP contribution in [-0.4, -0.2) is 61.8 Å². The predicted molar refractivity (Wildman–Crippen MR) is 110 cm³/mol. The summed E-state index contributed by atoms with van der Waals surface area (Å²) >= 11 is 2.06. The number of ether oxygens (including phenoxy) is 1. The molecule has 0 spiro atoms. The number of rotatable bonds is 8. The van der Waals surface area contributed by atoms with E-state index in [1.165, 1.54) is 0 Å². The Morgan fingerprint density at radius 3 is 2.68 bits per heavy atom. The Labute approximate surface area is 157 Å². The lowest BCUT2D eigenvalue weighted by Gasteiger charge is -2.37. The highest BCUT2D eigenvalue weighted by Crippen LogP contribution is 2.34. The molecule has 0 unspecified atom stereocenters. The average Bonchev–Trinajstić information content (AvgIpc) is 2.49. The third-order valence-corrected chi connectivity index (χ3v) is 5.35. The van der Waals surface area contributed by atoms with Gasteiger partial charge in [-0.2, -0.15) is 11.8 Å². The van der Waals surface area contributed by atoms with E-state index < -0.39 is 0 Å². The van der Waals surface area contributed by atoms with Crippen molar-refractivity contribution in [3.63, 3.8) is 0 Å². The molecule has 0 saturated carbocycles. The van der Waals surface area contributed by atoms with Gasteiger partial charge in [0.2, 0.25) is 0 Å². The molecule has 6 heteroatoms. The van der Waals surface area contributed by atoms with Crippen molar-refractivity contribution in [3.05, 3.63) is 12.7 Å². The van der Waals surface area contributed by atoms with Gasteiger partial charge in [-0.25, -0.2) is 0 Å². The highest BCUT2D eigenvalue weighted by Gasteiger charge is 2.32. The standard InChI is InChI=1S/C16H31N3OS.HI/c1-5-7-8-11-19(4)15(17-3)18-14-16(21-6-2)9-12-20-13-10-16;/h5H,1,6-14H2,2-4H3,(H,17,18);1H. The first-order chi connectivity index (χ1) is 10.2. The van der Waals surface area contributed by atoms with E-state index in [2.05, 4.69) is 47.5 Å². The number of hydrogen-bond acceptors (Lipinski definition) is 3. The van der Waals surface area contributed by atoms with Gasteiger partial charge in [0.25, 0.3) is 0 Å². The monoisotopic (exact) mass is 441 g/mol. The van der Waals surface area contributed by atoms with Crippen molar-refractivity contribution in [1.82, 2.24) is 10.2 Å². The van der Waals surface area contributed by atoms with Crippen LogP contribution in [-0.2, 0) is 4.74 Å². The fraction of sp³-hybridized carbons (Fsp3) is 0.812. The second kappa shape index (κ2) is 12.5. The first-order valence-electron chi connectivity index (χ1n) is 7.92. The third-order valence-electron chi connectivity index (χ3n) is 3.90. The van der Waals surface area contributed by atoms with Crippen LogP contribution in [0, 0.1) is 0 Å². The van der Waals surface area contributed by atoms with Gasteiger partial charge in [0.05, 0.1) is 0 Å². The van der Waals surface area contributed by atoms with Gasteiger partial charge in [0.15, 0.2) is 5.96 Å². The number of hydrogen-bond donors (Lipinski definition) is 1. The molecule has 1 aliphatic rings. The molecule has 0 amide bonds. The lowest BCUT2D eigenvalue weighted by molar-refractivity contribution is 0.0781. The minimum Gasteiger partial charge on any atom is -0.381 e.